The lowest BCUT2D eigenvalue weighted by atomic mass is 9.73. The molecule has 2 aromatic rings. The molecule has 3 saturated heterocycles. The number of nitrogens with one attached hydrogen (secondary N) is 1. The molecule has 4 atom stereocenters. The zero-order valence-corrected chi connectivity index (χ0v) is 17.5. The molecule has 0 aliphatic carbocycles. The zero-order valence-electron chi connectivity index (χ0n) is 17.5. The predicted molar refractivity (Wildman–Crippen MR) is 116 cm³/mol. The van der Waals surface area contributed by atoms with Crippen LogP contribution in [0.1, 0.15) is 28.8 Å². The van der Waals surface area contributed by atoms with Gasteiger partial charge in [-0.25, -0.2) is 0 Å². The highest BCUT2D eigenvalue weighted by Crippen LogP contribution is 2.54. The van der Waals surface area contributed by atoms with Crippen LogP contribution in [0.2, 0.25) is 0 Å². The predicted octanol–water partition coefficient (Wildman–Crippen LogP) is 2.23. The van der Waals surface area contributed by atoms with E-state index < -0.39 is 0 Å². The first kappa shape index (κ1) is 21.5. The fourth-order valence-electron chi connectivity index (χ4n) is 5.47. The van der Waals surface area contributed by atoms with Crippen molar-refractivity contribution in [2.45, 2.75) is 31.0 Å². The number of fused-ring (bicyclic) bond motifs is 1. The first-order valence-corrected chi connectivity index (χ1v) is 10.9. The van der Waals surface area contributed by atoms with Gasteiger partial charge < -0.3 is 15.2 Å². The molecule has 2 N–H and O–H groups in total. The molecule has 3 fully saturated rings. The Labute approximate surface area is 182 Å². The summed E-state index contributed by atoms with van der Waals surface area (Å²) in [6.45, 7) is 3.60. The van der Waals surface area contributed by atoms with Gasteiger partial charge in [-0.1, -0.05) is 24.3 Å². The van der Waals surface area contributed by atoms with E-state index in [4.69, 9.17) is 14.6 Å². The Morgan fingerprint density at radius 1 is 1.29 bits per heavy atom. The number of benzene rings is 1. The maximum atomic E-state index is 12.5. The summed E-state index contributed by atoms with van der Waals surface area (Å²) in [5.41, 5.74) is 2.03. The van der Waals surface area contributed by atoms with Gasteiger partial charge in [0.15, 0.2) is 0 Å². The lowest BCUT2D eigenvalue weighted by molar-refractivity contribution is -0.122. The Balaban J connectivity index is 0.000000730. The minimum atomic E-state index is -0.250. The van der Waals surface area contributed by atoms with Gasteiger partial charge in [-0.3, -0.25) is 19.5 Å². The number of hydrogen-bond donors (Lipinski definition) is 2. The summed E-state index contributed by atoms with van der Waals surface area (Å²) in [7, 11) is 0. The number of nitrogens with zero attached hydrogens (tertiary/aromatic N) is 2. The third kappa shape index (κ3) is 4.62. The van der Waals surface area contributed by atoms with Crippen molar-refractivity contribution in [2.75, 3.05) is 26.2 Å². The first-order valence-electron chi connectivity index (χ1n) is 10.9. The van der Waals surface area contributed by atoms with E-state index in [0.29, 0.717) is 24.5 Å². The van der Waals surface area contributed by atoms with Crippen LogP contribution in [0.15, 0.2) is 54.9 Å². The van der Waals surface area contributed by atoms with Gasteiger partial charge in [-0.2, -0.15) is 0 Å². The third-order valence-electron chi connectivity index (χ3n) is 6.83. The van der Waals surface area contributed by atoms with E-state index in [-0.39, 0.29) is 18.0 Å². The van der Waals surface area contributed by atoms with E-state index in [1.807, 2.05) is 48.8 Å². The minimum Gasteiger partial charge on any atom is -0.483 e. The highest BCUT2D eigenvalue weighted by atomic mass is 16.5. The van der Waals surface area contributed by atoms with E-state index in [1.54, 1.807) is 0 Å². The highest BCUT2D eigenvalue weighted by Gasteiger charge is 2.62. The molecular weight excluding hydrogens is 394 g/mol. The monoisotopic (exact) mass is 423 g/mol. The molecule has 2 bridgehead atoms. The minimum absolute atomic E-state index is 0.0156. The van der Waals surface area contributed by atoms with Crippen LogP contribution < -0.4 is 5.32 Å². The molecule has 7 nitrogen and oxygen atoms in total. The Morgan fingerprint density at radius 2 is 2.10 bits per heavy atom. The molecule has 1 spiro atoms. The first-order chi connectivity index (χ1) is 15.1. The smallest absolute Gasteiger partial charge is 0.290 e. The van der Waals surface area contributed by atoms with E-state index >= 15 is 0 Å². The summed E-state index contributed by atoms with van der Waals surface area (Å²) in [5, 5.41) is 10.1. The number of hydrogen-bond acceptors (Lipinski definition) is 5. The number of carbonyl (C=O) groups excluding carboxylic acids is 1. The summed E-state index contributed by atoms with van der Waals surface area (Å²) < 4.78 is 6.51. The standard InChI is InChI=1S/C23H27N3O2.CH2O2/c27-22(18-6-2-1-3-7-18)25-14-19-20-15-26(12-9-17-5-4-11-24-13-17)16-23(20)10-8-21(19)28-23;2-1-3/h1-7,11,13,19-21H,8-10,12,14-16H2,(H,25,27);1H,(H,2,3)/t19-,20+,21+,23+;/m0./s1. The molecule has 3 aliphatic heterocycles. The van der Waals surface area contributed by atoms with E-state index in [9.17, 15) is 4.79 Å². The Kier molecular flexibility index (Phi) is 6.63. The van der Waals surface area contributed by atoms with Crippen LogP contribution in [0.3, 0.4) is 0 Å². The summed E-state index contributed by atoms with van der Waals surface area (Å²) in [4.78, 5) is 27.6. The molecule has 0 saturated carbocycles. The summed E-state index contributed by atoms with van der Waals surface area (Å²) in [5.74, 6) is 0.963. The van der Waals surface area contributed by atoms with Gasteiger partial charge in [0.05, 0.1) is 11.7 Å². The molecule has 3 aliphatic rings. The van der Waals surface area contributed by atoms with Crippen molar-refractivity contribution >= 4 is 12.4 Å². The second-order valence-electron chi connectivity index (χ2n) is 8.56. The number of amides is 1. The Hall–Kier alpha value is -2.77. The summed E-state index contributed by atoms with van der Waals surface area (Å²) >= 11 is 0. The maximum absolute atomic E-state index is 12.5. The van der Waals surface area contributed by atoms with Crippen molar-refractivity contribution in [1.82, 2.24) is 15.2 Å². The molecule has 1 amide bonds. The Morgan fingerprint density at radius 3 is 2.84 bits per heavy atom. The third-order valence-corrected chi connectivity index (χ3v) is 6.83. The van der Waals surface area contributed by atoms with Crippen LogP contribution in [0.25, 0.3) is 0 Å². The van der Waals surface area contributed by atoms with Crippen molar-refractivity contribution in [2.24, 2.45) is 11.8 Å². The molecule has 7 heteroatoms. The molecule has 5 rings (SSSR count). The SMILES string of the molecule is O=C(NC[C@H]1[C@H]2CN(CCc3cccnc3)C[C@]23CC[C@H]1O3)c1ccccc1.O=CO. The average molecular weight is 424 g/mol. The lowest BCUT2D eigenvalue weighted by Gasteiger charge is -2.29. The second-order valence-corrected chi connectivity index (χ2v) is 8.56. The number of carboxylic acid groups (broad SMARTS) is 1. The van der Waals surface area contributed by atoms with Gasteiger partial charge in [0.2, 0.25) is 0 Å². The number of rotatable bonds is 6. The van der Waals surface area contributed by atoms with Crippen LogP contribution in [-0.2, 0) is 16.0 Å². The number of ether oxygens (including phenoxy) is 1. The summed E-state index contributed by atoms with van der Waals surface area (Å²) in [6, 6.07) is 13.6. The van der Waals surface area contributed by atoms with Crippen LogP contribution in [0.5, 0.6) is 0 Å². The van der Waals surface area contributed by atoms with Crippen LogP contribution in [0, 0.1) is 11.8 Å². The van der Waals surface area contributed by atoms with Crippen molar-refractivity contribution < 1.29 is 19.4 Å². The molecule has 31 heavy (non-hydrogen) atoms. The fraction of sp³-hybridized carbons (Fsp3) is 0.458. The lowest BCUT2D eigenvalue weighted by Crippen LogP contribution is -2.41. The second kappa shape index (κ2) is 9.58. The van der Waals surface area contributed by atoms with Crippen LogP contribution in [0.4, 0.5) is 0 Å². The van der Waals surface area contributed by atoms with Crippen LogP contribution in [-0.4, -0.2) is 65.3 Å². The van der Waals surface area contributed by atoms with Gasteiger partial charge in [-0.15, -0.1) is 0 Å². The van der Waals surface area contributed by atoms with Gasteiger partial charge >= 0.3 is 0 Å². The molecule has 4 heterocycles. The van der Waals surface area contributed by atoms with E-state index in [2.05, 4.69) is 21.3 Å². The summed E-state index contributed by atoms with van der Waals surface area (Å²) in [6.07, 6.45) is 7.40. The van der Waals surface area contributed by atoms with Gasteiger partial charge in [0, 0.05) is 56.0 Å². The molecule has 1 aromatic carbocycles. The maximum Gasteiger partial charge on any atom is 0.290 e. The number of pyridine rings is 1. The van der Waals surface area contributed by atoms with Crippen molar-refractivity contribution in [3.8, 4) is 0 Å². The zero-order chi connectivity index (χ0) is 21.7. The average Bonchev–Trinajstić information content (AvgIpc) is 3.46. The van der Waals surface area contributed by atoms with Crippen molar-refractivity contribution in [1.29, 1.82) is 0 Å². The fourth-order valence-corrected chi connectivity index (χ4v) is 5.47. The molecular formula is C24H29N3O4. The van der Waals surface area contributed by atoms with Crippen LogP contribution >= 0.6 is 0 Å². The van der Waals surface area contributed by atoms with E-state index in [1.165, 1.54) is 5.56 Å². The van der Waals surface area contributed by atoms with Gasteiger partial charge in [-0.05, 0) is 43.0 Å². The molecule has 0 radical (unpaired) electrons. The van der Waals surface area contributed by atoms with E-state index in [0.717, 1.165) is 44.5 Å². The molecule has 1 aromatic heterocycles. The quantitative estimate of drug-likeness (QED) is 0.693. The van der Waals surface area contributed by atoms with Crippen molar-refractivity contribution in [3.05, 3.63) is 66.0 Å². The number of aromatic nitrogens is 1. The normalized spacial score (nSPS) is 28.5. The van der Waals surface area contributed by atoms with Gasteiger partial charge in [0.25, 0.3) is 12.4 Å². The Bertz CT molecular complexity index is 879. The van der Waals surface area contributed by atoms with Crippen molar-refractivity contribution in [3.63, 3.8) is 0 Å². The topological polar surface area (TPSA) is 91.8 Å². The largest absolute Gasteiger partial charge is 0.483 e. The number of likely N-dealkylation sites (tertiary alicyclic amines) is 1. The number of carbonyl (C=O) groups is 2. The molecule has 164 valence electrons. The van der Waals surface area contributed by atoms with Gasteiger partial charge in [0.1, 0.15) is 0 Å². The highest BCUT2D eigenvalue weighted by molar-refractivity contribution is 5.94. The molecule has 0 unspecified atom stereocenters.